The zero-order valence-electron chi connectivity index (χ0n) is 22.4. The van der Waals surface area contributed by atoms with Gasteiger partial charge in [0.05, 0.1) is 17.8 Å². The number of rotatable bonds is 8. The number of likely N-dealkylation sites (tertiary alicyclic amines) is 1. The van der Waals surface area contributed by atoms with Crippen molar-refractivity contribution < 1.29 is 19.2 Å². The Balaban J connectivity index is 1.48. The second-order valence-corrected chi connectivity index (χ2v) is 11.6. The second kappa shape index (κ2) is 11.2. The molecule has 7 nitrogen and oxygen atoms in total. The van der Waals surface area contributed by atoms with Crippen molar-refractivity contribution in [1.82, 2.24) is 15.4 Å². The topological polar surface area (TPSA) is 95.7 Å². The Morgan fingerprint density at radius 2 is 1.84 bits per heavy atom. The quantitative estimate of drug-likeness (QED) is 0.411. The lowest BCUT2D eigenvalue weighted by atomic mass is 9.90. The second-order valence-electron chi connectivity index (χ2n) is 10.7. The van der Waals surface area contributed by atoms with Crippen LogP contribution in [0.5, 0.6) is 0 Å². The Hall–Kier alpha value is -2.97. The van der Waals surface area contributed by atoms with Gasteiger partial charge in [-0.1, -0.05) is 57.1 Å². The van der Waals surface area contributed by atoms with Crippen LogP contribution in [-0.2, 0) is 9.59 Å². The number of amides is 2. The molecule has 1 saturated heterocycles. The first-order valence-electron chi connectivity index (χ1n) is 13.0. The Kier molecular flexibility index (Phi) is 8.19. The molecule has 2 amide bonds. The summed E-state index contributed by atoms with van der Waals surface area (Å²) in [6.45, 7) is 12.1. The smallest absolute Gasteiger partial charge is 0.243 e. The van der Waals surface area contributed by atoms with E-state index in [-0.39, 0.29) is 42.7 Å². The molecule has 198 valence electrons. The molecule has 2 aromatic heterocycles. The molecule has 0 spiro atoms. The molecule has 1 aliphatic heterocycles. The fourth-order valence-electron chi connectivity index (χ4n) is 4.93. The number of β-amino-alcohol motifs (C(OH)–C–C–N with tert-alkyl or cyclic N) is 1. The lowest BCUT2D eigenvalue weighted by Gasteiger charge is -2.29. The molecule has 37 heavy (non-hydrogen) atoms. The molecule has 2 N–H and O–H groups in total. The number of aliphatic hydroxyl groups excluding tert-OH is 1. The van der Waals surface area contributed by atoms with Gasteiger partial charge in [-0.3, -0.25) is 9.59 Å². The standard InChI is InChI=1S/C29H37N3O4S/c1-16(2)23-14-25(36-31-23)26(17(3)4)29(35)32-15-22(33)13-24(32)28(34)30-19(6)20-7-9-21(10-8-20)27-18(5)11-12-37-27/h7-12,14,16-17,19,22,24,26,33H,13,15H2,1-6H3,(H,30,34)/t19-,22+,24-,26?/m0/s1. The van der Waals surface area contributed by atoms with Gasteiger partial charge in [-0.15, -0.1) is 11.3 Å². The Morgan fingerprint density at radius 1 is 1.14 bits per heavy atom. The summed E-state index contributed by atoms with van der Waals surface area (Å²) in [6, 6.07) is 11.1. The van der Waals surface area contributed by atoms with Gasteiger partial charge in [0.15, 0.2) is 0 Å². The Morgan fingerprint density at radius 3 is 2.41 bits per heavy atom. The first-order chi connectivity index (χ1) is 17.6. The molecule has 0 saturated carbocycles. The monoisotopic (exact) mass is 523 g/mol. The van der Waals surface area contributed by atoms with Crippen LogP contribution in [0.2, 0.25) is 0 Å². The van der Waals surface area contributed by atoms with Crippen molar-refractivity contribution in [2.24, 2.45) is 5.92 Å². The summed E-state index contributed by atoms with van der Waals surface area (Å²) in [4.78, 5) is 29.8. The summed E-state index contributed by atoms with van der Waals surface area (Å²) in [5.41, 5.74) is 4.16. The normalized spacial score (nSPS) is 19.4. The molecule has 3 aromatic rings. The molecular formula is C29H37N3O4S. The number of nitrogens with one attached hydrogen (secondary N) is 1. The maximum Gasteiger partial charge on any atom is 0.243 e. The van der Waals surface area contributed by atoms with Crippen molar-refractivity contribution in [2.45, 2.75) is 78.0 Å². The van der Waals surface area contributed by atoms with E-state index in [1.165, 1.54) is 15.3 Å². The van der Waals surface area contributed by atoms with Gasteiger partial charge >= 0.3 is 0 Å². The molecular weight excluding hydrogens is 486 g/mol. The molecule has 1 aliphatic rings. The zero-order chi connectivity index (χ0) is 26.9. The van der Waals surface area contributed by atoms with E-state index >= 15 is 0 Å². The predicted octanol–water partition coefficient (Wildman–Crippen LogP) is 5.41. The van der Waals surface area contributed by atoms with Crippen LogP contribution in [0.3, 0.4) is 0 Å². The summed E-state index contributed by atoms with van der Waals surface area (Å²) >= 11 is 1.71. The van der Waals surface area contributed by atoms with E-state index in [1.807, 2.05) is 52.8 Å². The highest BCUT2D eigenvalue weighted by Crippen LogP contribution is 2.33. The minimum Gasteiger partial charge on any atom is -0.391 e. The largest absolute Gasteiger partial charge is 0.391 e. The van der Waals surface area contributed by atoms with E-state index in [0.717, 1.165) is 16.8 Å². The zero-order valence-corrected chi connectivity index (χ0v) is 23.2. The van der Waals surface area contributed by atoms with E-state index in [0.29, 0.717) is 5.76 Å². The molecule has 1 unspecified atom stereocenters. The van der Waals surface area contributed by atoms with Gasteiger partial charge in [0.1, 0.15) is 17.7 Å². The lowest BCUT2D eigenvalue weighted by molar-refractivity contribution is -0.141. The number of thiophene rings is 1. The van der Waals surface area contributed by atoms with Gasteiger partial charge in [-0.2, -0.15) is 0 Å². The van der Waals surface area contributed by atoms with Crippen LogP contribution < -0.4 is 5.32 Å². The minimum atomic E-state index is -0.753. The molecule has 0 aliphatic carbocycles. The summed E-state index contributed by atoms with van der Waals surface area (Å²) < 4.78 is 5.56. The molecule has 8 heteroatoms. The third kappa shape index (κ3) is 5.80. The fourth-order valence-corrected chi connectivity index (χ4v) is 5.86. The summed E-state index contributed by atoms with van der Waals surface area (Å²) in [5, 5.41) is 19.7. The number of aryl methyl sites for hydroxylation is 1. The highest BCUT2D eigenvalue weighted by Gasteiger charge is 2.43. The van der Waals surface area contributed by atoms with E-state index in [4.69, 9.17) is 4.52 Å². The number of hydrogen-bond donors (Lipinski definition) is 2. The van der Waals surface area contributed by atoms with E-state index in [1.54, 1.807) is 11.3 Å². The molecule has 4 atom stereocenters. The third-order valence-electron chi connectivity index (χ3n) is 7.14. The van der Waals surface area contributed by atoms with Crippen molar-refractivity contribution in [1.29, 1.82) is 0 Å². The molecule has 3 heterocycles. The lowest BCUT2D eigenvalue weighted by Crippen LogP contribution is -2.48. The van der Waals surface area contributed by atoms with Crippen LogP contribution in [-0.4, -0.2) is 45.7 Å². The number of nitrogens with zero attached hydrogens (tertiary/aromatic N) is 2. The first-order valence-corrected chi connectivity index (χ1v) is 13.8. The highest BCUT2D eigenvalue weighted by atomic mass is 32.1. The van der Waals surface area contributed by atoms with Crippen LogP contribution in [0.15, 0.2) is 46.3 Å². The van der Waals surface area contributed by atoms with Crippen LogP contribution in [0.1, 0.15) is 81.5 Å². The van der Waals surface area contributed by atoms with E-state index in [9.17, 15) is 14.7 Å². The SMILES string of the molecule is Cc1ccsc1-c1ccc([C@H](C)NC(=O)[C@@H]2C[C@@H](O)CN2C(=O)C(c2cc(C(C)C)no2)C(C)C)cc1. The van der Waals surface area contributed by atoms with Gasteiger partial charge < -0.3 is 19.8 Å². The van der Waals surface area contributed by atoms with Gasteiger partial charge in [0.25, 0.3) is 0 Å². The first kappa shape index (κ1) is 27.1. The summed E-state index contributed by atoms with van der Waals surface area (Å²) in [5.74, 6) is -0.450. The number of aromatic nitrogens is 1. The van der Waals surface area contributed by atoms with Crippen LogP contribution >= 0.6 is 11.3 Å². The number of benzene rings is 1. The van der Waals surface area contributed by atoms with Crippen molar-refractivity contribution in [3.63, 3.8) is 0 Å². The van der Waals surface area contributed by atoms with Crippen molar-refractivity contribution in [3.8, 4) is 10.4 Å². The Bertz CT molecular complexity index is 1230. The fraction of sp³-hybridized carbons (Fsp3) is 0.483. The average Bonchev–Trinajstić information content (AvgIpc) is 3.59. The molecule has 0 bridgehead atoms. The minimum absolute atomic E-state index is 0.0636. The van der Waals surface area contributed by atoms with Crippen LogP contribution in [0.4, 0.5) is 0 Å². The highest BCUT2D eigenvalue weighted by molar-refractivity contribution is 7.13. The van der Waals surface area contributed by atoms with E-state index < -0.39 is 18.1 Å². The van der Waals surface area contributed by atoms with Crippen molar-refractivity contribution in [3.05, 3.63) is 64.4 Å². The molecule has 0 radical (unpaired) electrons. The summed E-state index contributed by atoms with van der Waals surface area (Å²) in [6.07, 6.45) is -0.545. The average molecular weight is 524 g/mol. The van der Waals surface area contributed by atoms with Gasteiger partial charge in [-0.05, 0) is 53.8 Å². The third-order valence-corrected chi connectivity index (χ3v) is 8.20. The van der Waals surface area contributed by atoms with Crippen molar-refractivity contribution in [2.75, 3.05) is 6.54 Å². The number of carbonyl (C=O) groups is 2. The molecule has 1 fully saturated rings. The number of carbonyl (C=O) groups excluding carboxylic acids is 2. The molecule has 1 aromatic carbocycles. The summed E-state index contributed by atoms with van der Waals surface area (Å²) in [7, 11) is 0. The molecule has 4 rings (SSSR count). The maximum absolute atomic E-state index is 13.7. The van der Waals surface area contributed by atoms with Gasteiger partial charge in [0, 0.05) is 23.9 Å². The van der Waals surface area contributed by atoms with E-state index in [2.05, 4.69) is 41.0 Å². The van der Waals surface area contributed by atoms with Crippen molar-refractivity contribution >= 4 is 23.2 Å². The van der Waals surface area contributed by atoms with Crippen LogP contribution in [0, 0.1) is 12.8 Å². The number of hydrogen-bond acceptors (Lipinski definition) is 6. The predicted molar refractivity (Wildman–Crippen MR) is 145 cm³/mol. The maximum atomic E-state index is 13.7. The van der Waals surface area contributed by atoms with Gasteiger partial charge in [-0.25, -0.2) is 0 Å². The van der Waals surface area contributed by atoms with Crippen LogP contribution in [0.25, 0.3) is 10.4 Å². The van der Waals surface area contributed by atoms with Gasteiger partial charge in [0.2, 0.25) is 11.8 Å². The number of aliphatic hydroxyl groups is 1. The Labute approximate surface area is 222 Å².